The number of aromatic amines is 1. The third kappa shape index (κ3) is 3.03. The zero-order chi connectivity index (χ0) is 18.1. The van der Waals surface area contributed by atoms with Crippen LogP contribution in [0, 0.1) is 0 Å². The van der Waals surface area contributed by atoms with Crippen LogP contribution in [0.2, 0.25) is 0 Å². The molecular weight excluding hydrogens is 339 g/mol. The van der Waals surface area contributed by atoms with E-state index in [-0.39, 0.29) is 5.56 Å². The summed E-state index contributed by atoms with van der Waals surface area (Å²) in [6.45, 7) is 0. The van der Waals surface area contributed by atoms with Crippen molar-refractivity contribution in [3.8, 4) is 0 Å². The van der Waals surface area contributed by atoms with E-state index in [1.54, 1.807) is 18.2 Å². The van der Waals surface area contributed by atoms with E-state index in [4.69, 9.17) is 0 Å². The van der Waals surface area contributed by atoms with Crippen molar-refractivity contribution in [1.29, 1.82) is 0 Å². The summed E-state index contributed by atoms with van der Waals surface area (Å²) in [4.78, 5) is 25.9. The average Bonchev–Trinajstić information content (AvgIpc) is 2.94. The van der Waals surface area contributed by atoms with Crippen LogP contribution in [-0.4, -0.2) is 36.1 Å². The number of rotatable bonds is 4. The number of para-hydroxylation sites is 1. The van der Waals surface area contributed by atoms with Crippen molar-refractivity contribution in [2.75, 3.05) is 7.11 Å². The number of fused-ring (bicyclic) bond motifs is 1. The van der Waals surface area contributed by atoms with Crippen LogP contribution < -0.4 is 5.32 Å². The molecule has 0 fully saturated rings. The van der Waals surface area contributed by atoms with Gasteiger partial charge in [-0.25, -0.2) is 4.79 Å². The van der Waals surface area contributed by atoms with E-state index >= 15 is 0 Å². The maximum Gasteiger partial charge on any atom is 0.463 e. The Morgan fingerprint density at radius 1 is 1.17 bits per heavy atom. The number of hydrogen-bond donors (Lipinski definition) is 2. The van der Waals surface area contributed by atoms with Gasteiger partial charge in [0.2, 0.25) is 0 Å². The van der Waals surface area contributed by atoms with Gasteiger partial charge in [-0.3, -0.25) is 4.79 Å². The van der Waals surface area contributed by atoms with Crippen molar-refractivity contribution in [3.05, 3.63) is 36.0 Å². The molecule has 0 saturated heterocycles. The van der Waals surface area contributed by atoms with E-state index < -0.39 is 30.0 Å². The lowest BCUT2D eigenvalue weighted by molar-refractivity contribution is -0.270. The third-order valence-electron chi connectivity index (χ3n) is 3.29. The standard InChI is InChI=1S/C14H11F5N2O3/c1-24-11(22)10(21-12(23)13(15,16)14(17,18)19)8-6-20-9-5-3-2-4-7(8)9/h2-6,10,20H,1H3,(H,21,23). The van der Waals surface area contributed by atoms with E-state index in [0.29, 0.717) is 10.9 Å². The zero-order valence-corrected chi connectivity index (χ0v) is 12.1. The molecule has 1 aromatic carbocycles. The molecule has 5 nitrogen and oxygen atoms in total. The molecule has 2 aromatic rings. The lowest BCUT2D eigenvalue weighted by Gasteiger charge is -2.22. The number of halogens is 5. The summed E-state index contributed by atoms with van der Waals surface area (Å²) in [7, 11) is 0.915. The van der Waals surface area contributed by atoms with Crippen molar-refractivity contribution in [3.63, 3.8) is 0 Å². The number of alkyl halides is 5. The van der Waals surface area contributed by atoms with Crippen molar-refractivity contribution in [2.45, 2.75) is 18.1 Å². The van der Waals surface area contributed by atoms with Gasteiger partial charge in [0.15, 0.2) is 6.04 Å². The predicted octanol–water partition coefficient (Wildman–Crippen LogP) is 2.70. The minimum absolute atomic E-state index is 0.00349. The molecule has 0 spiro atoms. The quantitative estimate of drug-likeness (QED) is 0.658. The van der Waals surface area contributed by atoms with Gasteiger partial charge in [0, 0.05) is 22.7 Å². The van der Waals surface area contributed by atoms with Crippen LogP contribution >= 0.6 is 0 Å². The lowest BCUT2D eigenvalue weighted by atomic mass is 10.1. The molecule has 1 heterocycles. The topological polar surface area (TPSA) is 71.2 Å². The van der Waals surface area contributed by atoms with Crippen LogP contribution in [0.5, 0.6) is 0 Å². The zero-order valence-electron chi connectivity index (χ0n) is 12.1. The highest BCUT2D eigenvalue weighted by molar-refractivity contribution is 5.94. The Bertz CT molecular complexity index is 769. The molecule has 2 rings (SSSR count). The first-order valence-electron chi connectivity index (χ1n) is 6.49. The summed E-state index contributed by atoms with van der Waals surface area (Å²) in [6.07, 6.45) is -4.86. The minimum Gasteiger partial charge on any atom is -0.467 e. The Balaban J connectivity index is 2.41. The summed E-state index contributed by atoms with van der Waals surface area (Å²) in [5.74, 6) is -9.48. The van der Waals surface area contributed by atoms with Crippen molar-refractivity contribution in [1.82, 2.24) is 10.3 Å². The van der Waals surface area contributed by atoms with Crippen LogP contribution in [0.3, 0.4) is 0 Å². The summed E-state index contributed by atoms with van der Waals surface area (Å²) < 4.78 is 67.4. The minimum atomic E-state index is -6.09. The molecule has 0 aliphatic carbocycles. The second kappa shape index (κ2) is 6.10. The molecule has 0 saturated carbocycles. The van der Waals surface area contributed by atoms with Crippen LogP contribution in [0.25, 0.3) is 10.9 Å². The fraction of sp³-hybridized carbons (Fsp3) is 0.286. The van der Waals surface area contributed by atoms with Crippen molar-refractivity contribution < 1.29 is 36.3 Å². The first-order chi connectivity index (χ1) is 11.1. The van der Waals surface area contributed by atoms with Gasteiger partial charge in [0.1, 0.15) is 0 Å². The molecule has 0 bridgehead atoms. The molecule has 2 N–H and O–H groups in total. The van der Waals surface area contributed by atoms with E-state index in [1.165, 1.54) is 17.6 Å². The maximum absolute atomic E-state index is 13.1. The molecule has 0 aliphatic rings. The number of esters is 1. The molecule has 1 unspecified atom stereocenters. The number of nitrogens with one attached hydrogen (secondary N) is 2. The van der Waals surface area contributed by atoms with Gasteiger partial charge in [-0.15, -0.1) is 0 Å². The molecule has 1 aromatic heterocycles. The van der Waals surface area contributed by atoms with E-state index in [0.717, 1.165) is 7.11 Å². The van der Waals surface area contributed by atoms with Gasteiger partial charge in [-0.1, -0.05) is 18.2 Å². The van der Waals surface area contributed by atoms with Crippen molar-refractivity contribution in [2.24, 2.45) is 0 Å². The van der Waals surface area contributed by atoms with E-state index in [9.17, 15) is 31.5 Å². The van der Waals surface area contributed by atoms with Gasteiger partial charge in [0.25, 0.3) is 0 Å². The number of amides is 1. The number of methoxy groups -OCH3 is 1. The summed E-state index contributed by atoms with van der Waals surface area (Å²) in [6, 6.07) is 4.49. The Morgan fingerprint density at radius 3 is 2.38 bits per heavy atom. The highest BCUT2D eigenvalue weighted by atomic mass is 19.4. The Labute approximate surface area is 131 Å². The fourth-order valence-corrected chi connectivity index (χ4v) is 2.06. The highest BCUT2D eigenvalue weighted by Crippen LogP contribution is 2.36. The van der Waals surface area contributed by atoms with Gasteiger partial charge >= 0.3 is 24.0 Å². The number of H-pyrrole nitrogens is 1. The predicted molar refractivity (Wildman–Crippen MR) is 72.2 cm³/mol. The molecular formula is C14H11F5N2O3. The molecule has 1 atom stereocenters. The number of benzene rings is 1. The van der Waals surface area contributed by atoms with Crippen LogP contribution in [0.1, 0.15) is 11.6 Å². The number of ether oxygens (including phenoxy) is 1. The highest BCUT2D eigenvalue weighted by Gasteiger charge is 2.63. The van der Waals surface area contributed by atoms with Gasteiger partial charge in [0.05, 0.1) is 7.11 Å². The molecule has 24 heavy (non-hydrogen) atoms. The maximum atomic E-state index is 13.1. The Kier molecular flexibility index (Phi) is 4.50. The SMILES string of the molecule is COC(=O)C(NC(=O)C(F)(F)C(F)(F)F)c1c[nH]c2ccccc12. The monoisotopic (exact) mass is 350 g/mol. The molecule has 0 radical (unpaired) electrons. The largest absolute Gasteiger partial charge is 0.467 e. The smallest absolute Gasteiger partial charge is 0.463 e. The normalized spacial score (nSPS) is 13.6. The first-order valence-corrected chi connectivity index (χ1v) is 6.49. The fourth-order valence-electron chi connectivity index (χ4n) is 2.06. The molecule has 130 valence electrons. The number of carbonyl (C=O) groups is 2. The summed E-state index contributed by atoms with van der Waals surface area (Å²) in [5.41, 5.74) is 0.502. The lowest BCUT2D eigenvalue weighted by Crippen LogP contribution is -2.52. The van der Waals surface area contributed by atoms with E-state index in [1.807, 2.05) is 0 Å². The van der Waals surface area contributed by atoms with Gasteiger partial charge in [-0.05, 0) is 6.07 Å². The number of hydrogen-bond acceptors (Lipinski definition) is 3. The molecule has 10 heteroatoms. The average molecular weight is 350 g/mol. The number of aromatic nitrogens is 1. The molecule has 1 amide bonds. The Hall–Kier alpha value is -2.65. The third-order valence-corrected chi connectivity index (χ3v) is 3.29. The first kappa shape index (κ1) is 17.7. The van der Waals surface area contributed by atoms with Crippen molar-refractivity contribution >= 4 is 22.8 Å². The van der Waals surface area contributed by atoms with Crippen LogP contribution in [0.15, 0.2) is 30.5 Å². The second-order valence-corrected chi connectivity index (χ2v) is 4.79. The van der Waals surface area contributed by atoms with Crippen LogP contribution in [0.4, 0.5) is 22.0 Å². The number of carbonyl (C=O) groups excluding carboxylic acids is 2. The Morgan fingerprint density at radius 2 is 1.79 bits per heavy atom. The van der Waals surface area contributed by atoms with Gasteiger partial charge < -0.3 is 15.0 Å². The van der Waals surface area contributed by atoms with Crippen LogP contribution in [-0.2, 0) is 14.3 Å². The summed E-state index contributed by atoms with van der Waals surface area (Å²) in [5, 5.41) is 1.77. The summed E-state index contributed by atoms with van der Waals surface area (Å²) >= 11 is 0. The molecule has 0 aliphatic heterocycles. The van der Waals surface area contributed by atoms with E-state index in [2.05, 4.69) is 9.72 Å². The van der Waals surface area contributed by atoms with Gasteiger partial charge in [-0.2, -0.15) is 22.0 Å². The second-order valence-electron chi connectivity index (χ2n) is 4.79.